The number of amides is 1. The fraction of sp³-hybridized carbons (Fsp3) is 0.238. The third-order valence-electron chi connectivity index (χ3n) is 5.63. The Morgan fingerprint density at radius 1 is 1.24 bits per heavy atom. The number of hydrogen-bond acceptors (Lipinski definition) is 6. The Morgan fingerprint density at radius 2 is 2.06 bits per heavy atom. The Bertz CT molecular complexity index is 1390. The molecule has 3 aromatic heterocycles. The van der Waals surface area contributed by atoms with Crippen molar-refractivity contribution in [1.29, 1.82) is 0 Å². The SMILES string of the molecule is CN1CCN(C(=O)c2ccc3nc(-c4[nH]nc5ncc(C=CNS(=O)O)cc45)[nH]c3c2)CC1. The Morgan fingerprint density at radius 3 is 2.85 bits per heavy atom. The Kier molecular flexibility index (Phi) is 5.62. The van der Waals surface area contributed by atoms with Crippen molar-refractivity contribution < 1.29 is 13.6 Å². The van der Waals surface area contributed by atoms with Crippen LogP contribution in [0.25, 0.3) is 39.7 Å². The second-order valence-corrected chi connectivity index (χ2v) is 8.59. The minimum Gasteiger partial charge on any atom is -0.337 e. The molecule has 170 valence electrons. The van der Waals surface area contributed by atoms with Gasteiger partial charge >= 0.3 is 0 Å². The molecule has 1 amide bonds. The van der Waals surface area contributed by atoms with Gasteiger partial charge in [0.2, 0.25) is 0 Å². The van der Waals surface area contributed by atoms with E-state index >= 15 is 0 Å². The van der Waals surface area contributed by atoms with Gasteiger partial charge in [0.1, 0.15) is 5.69 Å². The van der Waals surface area contributed by atoms with Gasteiger partial charge in [-0.1, -0.05) is 0 Å². The van der Waals surface area contributed by atoms with E-state index in [0.29, 0.717) is 22.7 Å². The molecule has 1 aliphatic heterocycles. The molecule has 1 unspecified atom stereocenters. The number of nitrogens with one attached hydrogen (secondary N) is 3. The Labute approximate surface area is 191 Å². The minimum absolute atomic E-state index is 0.0196. The lowest BCUT2D eigenvalue weighted by molar-refractivity contribution is 0.0664. The highest BCUT2D eigenvalue weighted by molar-refractivity contribution is 7.77. The molecule has 4 N–H and O–H groups in total. The lowest BCUT2D eigenvalue weighted by atomic mass is 10.1. The second kappa shape index (κ2) is 8.73. The van der Waals surface area contributed by atoms with E-state index in [1.165, 1.54) is 6.20 Å². The summed E-state index contributed by atoms with van der Waals surface area (Å²) in [5, 5.41) is 7.96. The number of pyridine rings is 1. The van der Waals surface area contributed by atoms with E-state index < -0.39 is 11.3 Å². The minimum atomic E-state index is -2.13. The quantitative estimate of drug-likeness (QED) is 0.327. The van der Waals surface area contributed by atoms with Crippen molar-refractivity contribution in [2.75, 3.05) is 33.2 Å². The third kappa shape index (κ3) is 4.35. The number of hydrogen-bond donors (Lipinski definition) is 4. The second-order valence-electron chi connectivity index (χ2n) is 7.85. The number of piperazine rings is 1. The van der Waals surface area contributed by atoms with E-state index in [1.807, 2.05) is 23.1 Å². The van der Waals surface area contributed by atoms with E-state index in [4.69, 9.17) is 4.55 Å². The maximum Gasteiger partial charge on any atom is 0.258 e. The molecular weight excluding hydrogens is 444 g/mol. The molecule has 33 heavy (non-hydrogen) atoms. The first kappa shape index (κ1) is 21.2. The summed E-state index contributed by atoms with van der Waals surface area (Å²) in [7, 11) is 2.06. The fourth-order valence-electron chi connectivity index (χ4n) is 3.83. The summed E-state index contributed by atoms with van der Waals surface area (Å²) in [5.74, 6) is 0.598. The van der Waals surface area contributed by atoms with Crippen LogP contribution in [-0.2, 0) is 11.3 Å². The first-order chi connectivity index (χ1) is 16.0. The van der Waals surface area contributed by atoms with E-state index in [1.54, 1.807) is 18.3 Å². The molecule has 11 nitrogen and oxygen atoms in total. The van der Waals surface area contributed by atoms with Gasteiger partial charge in [-0.3, -0.25) is 19.2 Å². The number of carbonyl (C=O) groups is 1. The number of imidazole rings is 1. The van der Waals surface area contributed by atoms with Crippen LogP contribution in [0.3, 0.4) is 0 Å². The first-order valence-electron chi connectivity index (χ1n) is 10.3. The lowest BCUT2D eigenvalue weighted by Gasteiger charge is -2.32. The zero-order valence-electron chi connectivity index (χ0n) is 17.8. The molecule has 12 heteroatoms. The third-order valence-corrected chi connectivity index (χ3v) is 5.97. The molecule has 1 fully saturated rings. The van der Waals surface area contributed by atoms with Gasteiger partial charge in [-0.2, -0.15) is 5.10 Å². The van der Waals surface area contributed by atoms with Gasteiger partial charge in [0.25, 0.3) is 17.2 Å². The summed E-state index contributed by atoms with van der Waals surface area (Å²) in [4.78, 5) is 29.3. The van der Waals surface area contributed by atoms with Crippen molar-refractivity contribution in [1.82, 2.24) is 39.7 Å². The molecular formula is C21H22N8O3S. The van der Waals surface area contributed by atoms with E-state index in [2.05, 4.69) is 41.8 Å². The van der Waals surface area contributed by atoms with Gasteiger partial charge in [0.05, 0.1) is 16.4 Å². The van der Waals surface area contributed by atoms with Gasteiger partial charge in [-0.25, -0.2) is 14.2 Å². The van der Waals surface area contributed by atoms with Gasteiger partial charge in [-0.05, 0) is 43.0 Å². The van der Waals surface area contributed by atoms with E-state index in [9.17, 15) is 9.00 Å². The summed E-state index contributed by atoms with van der Waals surface area (Å²) >= 11 is -2.13. The number of aromatic nitrogens is 5. The van der Waals surface area contributed by atoms with Crippen LogP contribution in [0.15, 0.2) is 36.7 Å². The average molecular weight is 467 g/mol. The van der Waals surface area contributed by atoms with Crippen molar-refractivity contribution in [3.8, 4) is 11.5 Å². The molecule has 1 aliphatic rings. The topological polar surface area (TPSA) is 143 Å². The van der Waals surface area contributed by atoms with Crippen LogP contribution in [0.1, 0.15) is 15.9 Å². The molecule has 5 rings (SSSR count). The molecule has 0 bridgehead atoms. The largest absolute Gasteiger partial charge is 0.337 e. The molecule has 4 aromatic rings. The summed E-state index contributed by atoms with van der Waals surface area (Å²) in [6.45, 7) is 3.17. The maximum atomic E-state index is 12.9. The number of fused-ring (bicyclic) bond motifs is 2. The van der Waals surface area contributed by atoms with Crippen LogP contribution < -0.4 is 4.72 Å². The molecule has 0 spiro atoms. The normalized spacial score (nSPS) is 16.1. The van der Waals surface area contributed by atoms with Crippen LogP contribution in [0, 0.1) is 0 Å². The zero-order chi connectivity index (χ0) is 22.9. The Balaban J connectivity index is 1.44. The Hall–Kier alpha value is -3.61. The molecule has 4 heterocycles. The number of nitrogens with zero attached hydrogens (tertiary/aromatic N) is 5. The number of benzene rings is 1. The fourth-order valence-corrected chi connectivity index (χ4v) is 4.01. The van der Waals surface area contributed by atoms with Crippen LogP contribution in [0.5, 0.6) is 0 Å². The lowest BCUT2D eigenvalue weighted by Crippen LogP contribution is -2.47. The van der Waals surface area contributed by atoms with E-state index in [-0.39, 0.29) is 5.91 Å². The number of carbonyl (C=O) groups excluding carboxylic acids is 1. The summed E-state index contributed by atoms with van der Waals surface area (Å²) in [6, 6.07) is 7.33. The highest BCUT2D eigenvalue weighted by Gasteiger charge is 2.21. The smallest absolute Gasteiger partial charge is 0.258 e. The predicted molar refractivity (Wildman–Crippen MR) is 125 cm³/mol. The van der Waals surface area contributed by atoms with Crippen LogP contribution in [0.2, 0.25) is 0 Å². The molecule has 1 saturated heterocycles. The van der Waals surface area contributed by atoms with Crippen molar-refractivity contribution in [3.05, 3.63) is 47.8 Å². The van der Waals surface area contributed by atoms with Crippen molar-refractivity contribution in [3.63, 3.8) is 0 Å². The molecule has 1 aromatic carbocycles. The number of rotatable bonds is 5. The maximum absolute atomic E-state index is 12.9. The van der Waals surface area contributed by atoms with Crippen molar-refractivity contribution >= 4 is 45.3 Å². The average Bonchev–Trinajstić information content (AvgIpc) is 3.42. The van der Waals surface area contributed by atoms with Gasteiger partial charge < -0.3 is 14.8 Å². The monoisotopic (exact) mass is 466 g/mol. The zero-order valence-corrected chi connectivity index (χ0v) is 18.6. The first-order valence-corrected chi connectivity index (χ1v) is 11.4. The predicted octanol–water partition coefficient (Wildman–Crippen LogP) is 1.59. The molecule has 0 saturated carbocycles. The van der Waals surface area contributed by atoms with Crippen LogP contribution in [0.4, 0.5) is 0 Å². The number of likely N-dealkylation sites (N-methyl/N-ethyl adjacent to an activating group) is 1. The highest BCUT2D eigenvalue weighted by atomic mass is 32.2. The van der Waals surface area contributed by atoms with Crippen molar-refractivity contribution in [2.45, 2.75) is 0 Å². The standard InChI is InChI=1S/C21H22N8O3S/c1-28-6-8-29(9-7-28)21(30)14-2-3-16-17(11-14)25-20(24-16)18-15-10-13(4-5-23-33(31)32)12-22-19(15)27-26-18/h2-5,10-12,23H,6-9H2,1H3,(H,24,25)(H,31,32)(H,22,26,27). The number of H-pyrrole nitrogens is 2. The van der Waals surface area contributed by atoms with Gasteiger partial charge in [0, 0.05) is 44.1 Å². The molecule has 0 aliphatic carbocycles. The summed E-state index contributed by atoms with van der Waals surface area (Å²) in [6.07, 6.45) is 4.62. The van der Waals surface area contributed by atoms with Crippen LogP contribution in [-0.4, -0.2) is 82.8 Å². The van der Waals surface area contributed by atoms with Crippen molar-refractivity contribution in [2.24, 2.45) is 0 Å². The van der Waals surface area contributed by atoms with E-state index in [0.717, 1.165) is 48.2 Å². The van der Waals surface area contributed by atoms with Gasteiger partial charge in [0.15, 0.2) is 11.5 Å². The molecule has 0 radical (unpaired) electrons. The molecule has 1 atom stereocenters. The summed E-state index contributed by atoms with van der Waals surface area (Å²) < 4.78 is 21.8. The number of aromatic amines is 2. The van der Waals surface area contributed by atoms with Gasteiger partial charge in [-0.15, -0.1) is 0 Å². The van der Waals surface area contributed by atoms with Crippen LogP contribution >= 0.6 is 0 Å². The highest BCUT2D eigenvalue weighted by Crippen LogP contribution is 2.27. The summed E-state index contributed by atoms with van der Waals surface area (Å²) in [5.41, 5.74) is 4.02.